The van der Waals surface area contributed by atoms with E-state index in [1.54, 1.807) is 18.2 Å². The summed E-state index contributed by atoms with van der Waals surface area (Å²) in [5, 5.41) is 22.6. The molecule has 10 heteroatoms. The summed E-state index contributed by atoms with van der Waals surface area (Å²) in [6.07, 6.45) is 1.36. The number of nitro groups is 1. The summed E-state index contributed by atoms with van der Waals surface area (Å²) in [5.74, 6) is 0.131. The van der Waals surface area contributed by atoms with Gasteiger partial charge in [0.05, 0.1) is 27.8 Å². The molecule has 3 aromatic carbocycles. The van der Waals surface area contributed by atoms with Gasteiger partial charge in [-0.1, -0.05) is 59.1 Å². The van der Waals surface area contributed by atoms with Crippen LogP contribution in [0.1, 0.15) is 16.7 Å². The molecule has 0 aromatic heterocycles. The molecule has 3 rings (SSSR count). The normalized spacial score (nSPS) is 10.9. The van der Waals surface area contributed by atoms with Crippen LogP contribution in [0.2, 0.25) is 10.0 Å². The van der Waals surface area contributed by atoms with E-state index >= 15 is 0 Å². The van der Waals surface area contributed by atoms with E-state index in [4.69, 9.17) is 32.7 Å². The minimum absolute atomic E-state index is 0.0393. The van der Waals surface area contributed by atoms with E-state index in [1.807, 2.05) is 37.3 Å². The zero-order valence-corrected chi connectivity index (χ0v) is 20.2. The Labute approximate surface area is 211 Å². The molecule has 178 valence electrons. The quantitative estimate of drug-likeness (QED) is 0.163. The van der Waals surface area contributed by atoms with Crippen molar-refractivity contribution in [2.45, 2.75) is 13.5 Å². The fourth-order valence-electron chi connectivity index (χ4n) is 3.02. The summed E-state index contributed by atoms with van der Waals surface area (Å²) in [5.41, 5.74) is 2.04. The Balaban J connectivity index is 1.79. The molecule has 3 aromatic rings. The summed E-state index contributed by atoms with van der Waals surface area (Å²) >= 11 is 12.1. The van der Waals surface area contributed by atoms with Gasteiger partial charge in [0.15, 0.2) is 11.5 Å². The first kappa shape index (κ1) is 25.6. The minimum Gasteiger partial charge on any atom is -0.493 e. The number of hydrogen-bond donors (Lipinski definition) is 1. The van der Waals surface area contributed by atoms with Gasteiger partial charge >= 0.3 is 0 Å². The highest BCUT2D eigenvalue weighted by Gasteiger charge is 2.18. The molecule has 0 spiro atoms. The van der Waals surface area contributed by atoms with Crippen molar-refractivity contribution >= 4 is 46.6 Å². The number of rotatable bonds is 8. The Morgan fingerprint density at radius 3 is 2.34 bits per heavy atom. The van der Waals surface area contributed by atoms with Crippen molar-refractivity contribution in [2.24, 2.45) is 0 Å². The van der Waals surface area contributed by atoms with Crippen LogP contribution in [0.4, 0.5) is 11.4 Å². The third kappa shape index (κ3) is 6.51. The third-order valence-electron chi connectivity index (χ3n) is 4.85. The van der Waals surface area contributed by atoms with E-state index in [1.165, 1.54) is 13.2 Å². The van der Waals surface area contributed by atoms with E-state index in [2.05, 4.69) is 5.32 Å². The molecule has 35 heavy (non-hydrogen) atoms. The van der Waals surface area contributed by atoms with Crippen LogP contribution in [0.15, 0.2) is 60.2 Å². The zero-order valence-electron chi connectivity index (χ0n) is 18.7. The van der Waals surface area contributed by atoms with Crippen molar-refractivity contribution in [3.05, 3.63) is 97.0 Å². The number of nitrogens with zero attached hydrogens (tertiary/aromatic N) is 2. The van der Waals surface area contributed by atoms with Crippen molar-refractivity contribution < 1.29 is 19.2 Å². The van der Waals surface area contributed by atoms with Crippen LogP contribution >= 0.6 is 23.2 Å². The molecular weight excluding hydrogens is 493 g/mol. The molecule has 0 heterocycles. The molecule has 0 bridgehead atoms. The van der Waals surface area contributed by atoms with Gasteiger partial charge in [0.2, 0.25) is 0 Å². The Bertz CT molecular complexity index is 1330. The van der Waals surface area contributed by atoms with E-state index in [-0.39, 0.29) is 27.0 Å². The van der Waals surface area contributed by atoms with Gasteiger partial charge in [0, 0.05) is 12.1 Å². The number of aryl methyl sites for hydroxylation is 1. The predicted octanol–water partition coefficient (Wildman–Crippen LogP) is 6.34. The first-order valence-corrected chi connectivity index (χ1v) is 10.9. The molecule has 8 nitrogen and oxygen atoms in total. The van der Waals surface area contributed by atoms with Crippen LogP contribution in [0.25, 0.3) is 6.08 Å². The second kappa shape index (κ2) is 11.4. The van der Waals surface area contributed by atoms with E-state index in [9.17, 15) is 20.2 Å². The van der Waals surface area contributed by atoms with Crippen molar-refractivity contribution in [3.8, 4) is 17.6 Å². The fourth-order valence-corrected chi connectivity index (χ4v) is 3.59. The number of halogens is 2. The highest BCUT2D eigenvalue weighted by Crippen LogP contribution is 2.35. The molecular formula is C25H19Cl2N3O5. The van der Waals surface area contributed by atoms with Gasteiger partial charge in [-0.2, -0.15) is 5.26 Å². The average molecular weight is 512 g/mol. The van der Waals surface area contributed by atoms with Gasteiger partial charge in [-0.25, -0.2) is 0 Å². The molecule has 0 aliphatic carbocycles. The number of anilines is 1. The Morgan fingerprint density at radius 2 is 1.77 bits per heavy atom. The summed E-state index contributed by atoms with van der Waals surface area (Å²) in [6.45, 7) is 2.35. The van der Waals surface area contributed by atoms with Crippen LogP contribution in [0.5, 0.6) is 11.5 Å². The molecule has 1 amide bonds. The van der Waals surface area contributed by atoms with E-state index in [0.717, 1.165) is 23.3 Å². The maximum absolute atomic E-state index is 12.7. The minimum atomic E-state index is -0.788. The number of non-ortho nitro benzene ring substituents is 1. The van der Waals surface area contributed by atoms with Gasteiger partial charge in [-0.3, -0.25) is 14.9 Å². The average Bonchev–Trinajstić information content (AvgIpc) is 2.84. The van der Waals surface area contributed by atoms with E-state index in [0.29, 0.717) is 23.7 Å². The standard InChI is InChI=1S/C25H19Cl2N3O5/c1-15-3-5-16(6-4-15)14-35-22-8-7-17(10-23(22)34-2)9-18(13-28)25(31)29-24-20(26)11-19(30(32)33)12-21(24)27/h3-12H,14H2,1-2H3,(H,29,31)/b18-9+. The smallest absolute Gasteiger partial charge is 0.272 e. The number of hydrogen-bond acceptors (Lipinski definition) is 6. The number of ether oxygens (including phenoxy) is 2. The highest BCUT2D eigenvalue weighted by molar-refractivity contribution is 6.40. The largest absolute Gasteiger partial charge is 0.493 e. The number of amides is 1. The Hall–Kier alpha value is -4.06. The number of benzene rings is 3. The van der Waals surface area contributed by atoms with Crippen LogP contribution in [-0.4, -0.2) is 17.9 Å². The Morgan fingerprint density at radius 1 is 1.11 bits per heavy atom. The van der Waals surface area contributed by atoms with Crippen LogP contribution in [0, 0.1) is 28.4 Å². The van der Waals surface area contributed by atoms with Crippen LogP contribution < -0.4 is 14.8 Å². The van der Waals surface area contributed by atoms with Crippen molar-refractivity contribution in [3.63, 3.8) is 0 Å². The second-order valence-corrected chi connectivity index (χ2v) is 8.16. The lowest BCUT2D eigenvalue weighted by Crippen LogP contribution is -2.14. The number of carbonyl (C=O) groups excluding carboxylic acids is 1. The fraction of sp³-hybridized carbons (Fsp3) is 0.120. The molecule has 0 atom stereocenters. The van der Waals surface area contributed by atoms with Crippen molar-refractivity contribution in [1.29, 1.82) is 5.26 Å². The van der Waals surface area contributed by atoms with Gasteiger partial charge < -0.3 is 14.8 Å². The lowest BCUT2D eigenvalue weighted by molar-refractivity contribution is -0.384. The number of nitriles is 1. The summed E-state index contributed by atoms with van der Waals surface area (Å²) in [4.78, 5) is 22.9. The SMILES string of the molecule is COc1cc(/C=C(\C#N)C(=O)Nc2c(Cl)cc([N+](=O)[O-])cc2Cl)ccc1OCc1ccc(C)cc1. The molecule has 0 radical (unpaired) electrons. The van der Waals surface area contributed by atoms with Crippen LogP contribution in [0.3, 0.4) is 0 Å². The number of methoxy groups -OCH3 is 1. The van der Waals surface area contributed by atoms with Gasteiger partial charge in [0.25, 0.3) is 11.6 Å². The van der Waals surface area contributed by atoms with Gasteiger partial charge in [-0.15, -0.1) is 0 Å². The predicted molar refractivity (Wildman–Crippen MR) is 134 cm³/mol. The first-order valence-electron chi connectivity index (χ1n) is 10.1. The topological polar surface area (TPSA) is 114 Å². The molecule has 0 saturated heterocycles. The lowest BCUT2D eigenvalue weighted by atomic mass is 10.1. The maximum atomic E-state index is 12.7. The molecule has 0 fully saturated rings. The van der Waals surface area contributed by atoms with Gasteiger partial charge in [0.1, 0.15) is 18.2 Å². The summed E-state index contributed by atoms with van der Waals surface area (Å²) in [6, 6.07) is 16.8. The van der Waals surface area contributed by atoms with Gasteiger partial charge in [-0.05, 0) is 36.3 Å². The Kier molecular flexibility index (Phi) is 8.31. The van der Waals surface area contributed by atoms with Crippen molar-refractivity contribution in [2.75, 3.05) is 12.4 Å². The molecule has 0 aliphatic rings. The summed E-state index contributed by atoms with van der Waals surface area (Å²) in [7, 11) is 1.48. The van der Waals surface area contributed by atoms with Crippen LogP contribution in [-0.2, 0) is 11.4 Å². The van der Waals surface area contributed by atoms with E-state index < -0.39 is 10.8 Å². The lowest BCUT2D eigenvalue weighted by Gasteiger charge is -2.12. The first-order chi connectivity index (χ1) is 16.7. The highest BCUT2D eigenvalue weighted by atomic mass is 35.5. The zero-order chi connectivity index (χ0) is 25.5. The van der Waals surface area contributed by atoms with Crippen molar-refractivity contribution in [1.82, 2.24) is 0 Å². The monoisotopic (exact) mass is 511 g/mol. The number of nitrogens with one attached hydrogen (secondary N) is 1. The molecule has 0 unspecified atom stereocenters. The molecule has 0 aliphatic heterocycles. The number of carbonyl (C=O) groups is 1. The third-order valence-corrected chi connectivity index (χ3v) is 5.45. The molecule has 1 N–H and O–H groups in total. The maximum Gasteiger partial charge on any atom is 0.272 e. The second-order valence-electron chi connectivity index (χ2n) is 7.35. The number of nitro benzene ring substituents is 1. The molecule has 0 saturated carbocycles. The summed E-state index contributed by atoms with van der Waals surface area (Å²) < 4.78 is 11.3.